The van der Waals surface area contributed by atoms with Crippen molar-refractivity contribution in [1.82, 2.24) is 9.97 Å². The Morgan fingerprint density at radius 2 is 0.969 bits per heavy atom. The summed E-state index contributed by atoms with van der Waals surface area (Å²) in [5.74, 6) is 0. The van der Waals surface area contributed by atoms with E-state index in [0.29, 0.717) is 11.4 Å². The lowest BCUT2D eigenvalue weighted by Crippen LogP contribution is -2.45. The normalized spacial score (nSPS) is 16.9. The lowest BCUT2D eigenvalue weighted by atomic mass is 9.94. The minimum Gasteiger partial charge on any atom is -0.399 e. The van der Waals surface area contributed by atoms with Crippen molar-refractivity contribution in [2.75, 3.05) is 11.5 Å². The van der Waals surface area contributed by atoms with Gasteiger partial charge in [-0.15, -0.1) is 0 Å². The molecule has 2 aliphatic rings. The monoisotopic (exact) mass is 422 g/mol. The van der Waals surface area contributed by atoms with E-state index in [2.05, 4.69) is 22.1 Å². The Labute approximate surface area is 182 Å². The number of benzene rings is 3. The molecule has 3 aromatic carbocycles. The predicted octanol–water partition coefficient (Wildman–Crippen LogP) is 2.01. The molecule has 0 aliphatic heterocycles. The maximum atomic E-state index is 6.66. The molecular formula is C24H22N8. The Kier molecular flexibility index (Phi) is 2.86. The Hall–Kier alpha value is -3.82. The summed E-state index contributed by atoms with van der Waals surface area (Å²) in [4.78, 5) is 7.04. The van der Waals surface area contributed by atoms with Gasteiger partial charge < -0.3 is 44.4 Å². The van der Waals surface area contributed by atoms with Gasteiger partial charge in [0.05, 0.1) is 11.4 Å². The van der Waals surface area contributed by atoms with E-state index >= 15 is 0 Å². The van der Waals surface area contributed by atoms with E-state index in [-0.39, 0.29) is 0 Å². The molecule has 158 valence electrons. The second-order valence-electron chi connectivity index (χ2n) is 9.04. The molecule has 0 spiro atoms. The van der Waals surface area contributed by atoms with Gasteiger partial charge in [0.2, 0.25) is 0 Å². The number of nitrogens with two attached hydrogens (primary N) is 6. The van der Waals surface area contributed by atoms with Crippen molar-refractivity contribution in [3.8, 4) is 22.5 Å². The highest BCUT2D eigenvalue weighted by Crippen LogP contribution is 2.51. The summed E-state index contributed by atoms with van der Waals surface area (Å²) in [7, 11) is 0. The first-order valence-corrected chi connectivity index (χ1v) is 10.4. The topological polar surface area (TPSA) is 188 Å². The van der Waals surface area contributed by atoms with Crippen LogP contribution in [0.1, 0.15) is 22.3 Å². The fourth-order valence-electron chi connectivity index (χ4n) is 5.66. The second kappa shape index (κ2) is 5.14. The van der Waals surface area contributed by atoms with Crippen LogP contribution >= 0.6 is 0 Å². The number of aromatic nitrogens is 2. The first kappa shape index (κ1) is 17.8. The second-order valence-corrected chi connectivity index (χ2v) is 9.04. The summed E-state index contributed by atoms with van der Waals surface area (Å²) >= 11 is 0. The molecule has 0 saturated heterocycles. The quantitative estimate of drug-likeness (QED) is 0.139. The summed E-state index contributed by atoms with van der Waals surface area (Å²) in [5.41, 5.74) is 46.5. The average molecular weight is 422 g/mol. The fourth-order valence-corrected chi connectivity index (χ4v) is 5.66. The van der Waals surface area contributed by atoms with E-state index < -0.39 is 11.3 Å². The van der Waals surface area contributed by atoms with Crippen molar-refractivity contribution in [2.24, 2.45) is 22.9 Å². The van der Waals surface area contributed by atoms with Crippen molar-refractivity contribution in [3.05, 3.63) is 70.8 Å². The third-order valence-corrected chi connectivity index (χ3v) is 7.06. The highest BCUT2D eigenvalue weighted by Gasteiger charge is 2.42. The predicted molar refractivity (Wildman–Crippen MR) is 128 cm³/mol. The first-order valence-electron chi connectivity index (χ1n) is 10.4. The van der Waals surface area contributed by atoms with Crippen LogP contribution in [0.15, 0.2) is 48.5 Å². The SMILES string of the molecule is Nc1ccc2c(c1)C(N)(N)c1c-2[nH]c2cc3c4c([nH]c3cc12)-c1ccc(N)cc1C4(N)N. The Morgan fingerprint density at radius 3 is 1.38 bits per heavy atom. The number of nitrogens with one attached hydrogen (secondary N) is 2. The van der Waals surface area contributed by atoms with Gasteiger partial charge in [-0.25, -0.2) is 0 Å². The zero-order chi connectivity index (χ0) is 22.2. The number of hydrogen-bond acceptors (Lipinski definition) is 6. The lowest BCUT2D eigenvalue weighted by Gasteiger charge is -2.22. The van der Waals surface area contributed by atoms with E-state index in [0.717, 1.165) is 66.6 Å². The van der Waals surface area contributed by atoms with Crippen LogP contribution in [0.5, 0.6) is 0 Å². The third-order valence-electron chi connectivity index (χ3n) is 7.06. The van der Waals surface area contributed by atoms with E-state index in [1.54, 1.807) is 0 Å². The Bertz CT molecular complexity index is 1530. The van der Waals surface area contributed by atoms with Gasteiger partial charge in [0.1, 0.15) is 11.3 Å². The molecule has 5 aromatic rings. The largest absolute Gasteiger partial charge is 0.399 e. The summed E-state index contributed by atoms with van der Waals surface area (Å²) in [6.07, 6.45) is 0. The van der Waals surface area contributed by atoms with E-state index in [1.807, 2.05) is 36.4 Å². The van der Waals surface area contributed by atoms with E-state index in [4.69, 9.17) is 34.4 Å². The first-order chi connectivity index (χ1) is 15.2. The highest BCUT2D eigenvalue weighted by molar-refractivity contribution is 6.07. The summed E-state index contributed by atoms with van der Waals surface area (Å²) < 4.78 is 0. The summed E-state index contributed by atoms with van der Waals surface area (Å²) in [6.45, 7) is 0. The number of aromatic amines is 2. The molecule has 8 heteroatoms. The molecule has 0 saturated carbocycles. The molecule has 0 atom stereocenters. The van der Waals surface area contributed by atoms with Crippen molar-refractivity contribution >= 4 is 33.2 Å². The molecule has 0 radical (unpaired) electrons. The van der Waals surface area contributed by atoms with Crippen molar-refractivity contribution in [3.63, 3.8) is 0 Å². The van der Waals surface area contributed by atoms with Crippen LogP contribution in [0, 0.1) is 0 Å². The Balaban J connectivity index is 1.54. The third kappa shape index (κ3) is 1.87. The number of fused-ring (bicyclic) bond motifs is 10. The number of anilines is 2. The number of H-pyrrole nitrogens is 2. The maximum absolute atomic E-state index is 6.66. The van der Waals surface area contributed by atoms with Crippen LogP contribution in [0.2, 0.25) is 0 Å². The van der Waals surface area contributed by atoms with E-state index in [1.165, 1.54) is 0 Å². The van der Waals surface area contributed by atoms with Gasteiger partial charge in [0.25, 0.3) is 0 Å². The zero-order valence-corrected chi connectivity index (χ0v) is 17.1. The molecular weight excluding hydrogens is 400 g/mol. The van der Waals surface area contributed by atoms with Gasteiger partial charge in [-0.05, 0) is 36.4 Å². The molecule has 0 amide bonds. The van der Waals surface area contributed by atoms with Crippen LogP contribution < -0.4 is 34.4 Å². The van der Waals surface area contributed by atoms with Gasteiger partial charge in [0.15, 0.2) is 0 Å². The zero-order valence-electron chi connectivity index (χ0n) is 17.1. The molecule has 0 fully saturated rings. The highest BCUT2D eigenvalue weighted by atomic mass is 15.0. The molecule has 0 unspecified atom stereocenters. The molecule has 0 bridgehead atoms. The number of hydrogen-bond donors (Lipinski definition) is 8. The average Bonchev–Trinajstić information content (AvgIpc) is 3.40. The van der Waals surface area contributed by atoms with Crippen LogP contribution in [-0.4, -0.2) is 9.97 Å². The van der Waals surface area contributed by atoms with Crippen LogP contribution in [0.3, 0.4) is 0 Å². The van der Waals surface area contributed by atoms with Crippen molar-refractivity contribution < 1.29 is 0 Å². The molecule has 7 rings (SSSR count). The van der Waals surface area contributed by atoms with Crippen molar-refractivity contribution in [1.29, 1.82) is 0 Å². The van der Waals surface area contributed by atoms with Gasteiger partial charge in [0, 0.05) is 66.6 Å². The van der Waals surface area contributed by atoms with Crippen LogP contribution in [-0.2, 0) is 11.3 Å². The maximum Gasteiger partial charge on any atom is 0.120 e. The van der Waals surface area contributed by atoms with Gasteiger partial charge in [-0.1, -0.05) is 12.1 Å². The molecule has 2 aliphatic carbocycles. The number of rotatable bonds is 0. The smallest absolute Gasteiger partial charge is 0.120 e. The van der Waals surface area contributed by atoms with Gasteiger partial charge in [-0.2, -0.15) is 0 Å². The minimum absolute atomic E-state index is 0.628. The summed E-state index contributed by atoms with van der Waals surface area (Å²) in [5, 5.41) is 1.90. The molecule has 32 heavy (non-hydrogen) atoms. The lowest BCUT2D eigenvalue weighted by molar-refractivity contribution is 0.589. The Morgan fingerprint density at radius 1 is 0.562 bits per heavy atom. The van der Waals surface area contributed by atoms with E-state index in [9.17, 15) is 0 Å². The fraction of sp³-hybridized carbons (Fsp3) is 0.0833. The van der Waals surface area contributed by atoms with Crippen LogP contribution in [0.4, 0.5) is 11.4 Å². The summed E-state index contributed by atoms with van der Waals surface area (Å²) in [6, 6.07) is 15.4. The molecule has 2 aromatic heterocycles. The van der Waals surface area contributed by atoms with Crippen molar-refractivity contribution in [2.45, 2.75) is 11.3 Å². The van der Waals surface area contributed by atoms with Gasteiger partial charge >= 0.3 is 0 Å². The minimum atomic E-state index is -1.16. The molecule has 8 nitrogen and oxygen atoms in total. The van der Waals surface area contributed by atoms with Crippen LogP contribution in [0.25, 0.3) is 44.3 Å². The number of nitrogen functional groups attached to an aromatic ring is 2. The molecule has 14 N–H and O–H groups in total. The molecule has 2 heterocycles. The van der Waals surface area contributed by atoms with Gasteiger partial charge in [-0.3, -0.25) is 0 Å². The standard InChI is InChI=1S/C24H22N8/c25-9-1-3-11-15(5-9)23(27,28)19-13-7-18-14(8-17(13)31-21(11)19)20-22(32-18)12-4-2-10(26)6-16(12)24(20,29)30/h1-8,31-32H,25-30H2.